The van der Waals surface area contributed by atoms with Crippen LogP contribution in [-0.4, -0.2) is 35.2 Å². The molecule has 0 bridgehead atoms. The van der Waals surface area contributed by atoms with Gasteiger partial charge in [0.2, 0.25) is 0 Å². The normalized spacial score (nSPS) is 12.0. The van der Waals surface area contributed by atoms with Gasteiger partial charge in [-0.3, -0.25) is 0 Å². The summed E-state index contributed by atoms with van der Waals surface area (Å²) in [6.07, 6.45) is 1.95. The third-order valence-electron chi connectivity index (χ3n) is 1.65. The van der Waals surface area contributed by atoms with E-state index in [1.807, 2.05) is 27.2 Å². The van der Waals surface area contributed by atoms with E-state index in [4.69, 9.17) is 19.0 Å². The summed E-state index contributed by atoms with van der Waals surface area (Å²) in [4.78, 5) is 0. The fourth-order valence-corrected chi connectivity index (χ4v) is 3.66. The first-order valence-electron chi connectivity index (χ1n) is 5.18. The van der Waals surface area contributed by atoms with Crippen LogP contribution in [0.2, 0.25) is 6.04 Å². The van der Waals surface area contributed by atoms with Gasteiger partial charge in [0.05, 0.1) is 0 Å². The van der Waals surface area contributed by atoms with E-state index in [9.17, 15) is 0 Å². The van der Waals surface area contributed by atoms with Gasteiger partial charge in [-0.2, -0.15) is 0 Å². The van der Waals surface area contributed by atoms with Crippen LogP contribution in [0.25, 0.3) is 0 Å². The van der Waals surface area contributed by atoms with Gasteiger partial charge in [0, 0.05) is 25.9 Å². The van der Waals surface area contributed by atoms with Crippen LogP contribution in [-0.2, 0) is 13.3 Å². The monoisotopic (exact) mass is 220 g/mol. The molecule has 0 unspecified atom stereocenters. The van der Waals surface area contributed by atoms with E-state index < -0.39 is 8.80 Å². The molecule has 0 aromatic heterocycles. The van der Waals surface area contributed by atoms with Crippen molar-refractivity contribution in [2.24, 2.45) is 5.73 Å². The zero-order chi connectivity index (χ0) is 10.9. The molecule has 0 aliphatic carbocycles. The average Bonchev–Trinajstić information content (AvgIpc) is 2.16. The van der Waals surface area contributed by atoms with Crippen molar-refractivity contribution in [2.75, 3.05) is 26.4 Å². The van der Waals surface area contributed by atoms with E-state index in [0.29, 0.717) is 32.4 Å². The van der Waals surface area contributed by atoms with Crippen LogP contribution in [0.4, 0.5) is 0 Å². The molecule has 0 aromatic carbocycles. The fourth-order valence-electron chi connectivity index (χ4n) is 1.22. The minimum absolute atomic E-state index is 0.530. The molecule has 1 radical (unpaired) electrons. The Bertz CT molecular complexity index is 118. The van der Waals surface area contributed by atoms with Crippen molar-refractivity contribution < 1.29 is 13.3 Å². The standard InChI is InChI=1S/C9H22NO3Si/c1-4-11-14(12-5-2,13-6-3)9-7-8-10/h7H,4-6,8-10H2,1-3H3. The molecule has 0 saturated carbocycles. The van der Waals surface area contributed by atoms with E-state index in [1.165, 1.54) is 0 Å². The third-order valence-corrected chi connectivity index (χ3v) is 4.63. The molecule has 5 heteroatoms. The molecule has 4 nitrogen and oxygen atoms in total. The molecular formula is C9H22NO3Si. The van der Waals surface area contributed by atoms with Gasteiger partial charge >= 0.3 is 8.80 Å². The SMILES string of the molecule is CCO[Si](C[CH]CN)(OCC)OCC. The maximum absolute atomic E-state index is 5.62. The largest absolute Gasteiger partial charge is 0.501 e. The highest BCUT2D eigenvalue weighted by atomic mass is 28.4. The number of nitrogens with two attached hydrogens (primary N) is 1. The van der Waals surface area contributed by atoms with Crippen molar-refractivity contribution in [1.29, 1.82) is 0 Å². The quantitative estimate of drug-likeness (QED) is 0.593. The smallest absolute Gasteiger partial charge is 0.374 e. The third kappa shape index (κ3) is 5.07. The molecule has 0 amide bonds. The summed E-state index contributed by atoms with van der Waals surface area (Å²) in [6, 6.07) is 0.693. The summed E-state index contributed by atoms with van der Waals surface area (Å²) < 4.78 is 16.9. The topological polar surface area (TPSA) is 53.7 Å². The zero-order valence-electron chi connectivity index (χ0n) is 9.41. The van der Waals surface area contributed by atoms with Crippen molar-refractivity contribution >= 4 is 8.80 Å². The minimum Gasteiger partial charge on any atom is -0.374 e. The lowest BCUT2D eigenvalue weighted by atomic mass is 10.5. The first kappa shape index (κ1) is 14.1. The van der Waals surface area contributed by atoms with E-state index in [1.54, 1.807) is 0 Å². The average molecular weight is 220 g/mol. The molecule has 0 rings (SSSR count). The molecule has 0 heterocycles. The lowest BCUT2D eigenvalue weighted by molar-refractivity contribution is 0.0733. The van der Waals surface area contributed by atoms with Crippen molar-refractivity contribution in [3.63, 3.8) is 0 Å². The Kier molecular flexibility index (Phi) is 8.41. The molecule has 0 aromatic rings. The summed E-state index contributed by atoms with van der Waals surface area (Å²) in [7, 11) is -2.45. The lowest BCUT2D eigenvalue weighted by Crippen LogP contribution is -2.46. The van der Waals surface area contributed by atoms with Crippen molar-refractivity contribution in [2.45, 2.75) is 26.8 Å². The summed E-state index contributed by atoms with van der Waals surface area (Å²) in [5.41, 5.74) is 5.42. The Morgan fingerprint density at radius 3 is 1.71 bits per heavy atom. The molecule has 0 saturated heterocycles. The molecule has 0 aliphatic rings. The highest BCUT2D eigenvalue weighted by molar-refractivity contribution is 6.61. The molecule has 14 heavy (non-hydrogen) atoms. The zero-order valence-corrected chi connectivity index (χ0v) is 10.4. The minimum atomic E-state index is -2.45. The van der Waals surface area contributed by atoms with Crippen LogP contribution in [0.15, 0.2) is 0 Å². The van der Waals surface area contributed by atoms with E-state index >= 15 is 0 Å². The van der Waals surface area contributed by atoms with E-state index in [2.05, 4.69) is 0 Å². The first-order valence-corrected chi connectivity index (χ1v) is 7.11. The number of hydrogen-bond donors (Lipinski definition) is 1. The summed E-state index contributed by atoms with van der Waals surface area (Å²) in [5, 5.41) is 0. The summed E-state index contributed by atoms with van der Waals surface area (Å²) in [6.45, 7) is 8.22. The Hall–Kier alpha value is 0.0569. The predicted octanol–water partition coefficient (Wildman–Crippen LogP) is 1.20. The maximum atomic E-state index is 5.62. The van der Waals surface area contributed by atoms with Gasteiger partial charge in [-0.15, -0.1) is 0 Å². The first-order chi connectivity index (χ1) is 6.74. The van der Waals surface area contributed by atoms with Crippen LogP contribution in [0.1, 0.15) is 20.8 Å². The van der Waals surface area contributed by atoms with Crippen LogP contribution in [0, 0.1) is 6.42 Å². The van der Waals surface area contributed by atoms with Gasteiger partial charge in [-0.05, 0) is 33.7 Å². The van der Waals surface area contributed by atoms with E-state index in [-0.39, 0.29) is 0 Å². The second-order valence-electron chi connectivity index (χ2n) is 2.71. The molecule has 0 aliphatic heterocycles. The fraction of sp³-hybridized carbons (Fsp3) is 0.889. The van der Waals surface area contributed by atoms with Crippen molar-refractivity contribution in [3.05, 3.63) is 6.42 Å². The summed E-state index contributed by atoms with van der Waals surface area (Å²) >= 11 is 0. The lowest BCUT2D eigenvalue weighted by Gasteiger charge is -2.28. The molecule has 0 atom stereocenters. The van der Waals surface area contributed by atoms with Gasteiger partial charge in [0.15, 0.2) is 0 Å². The van der Waals surface area contributed by atoms with Crippen molar-refractivity contribution in [1.82, 2.24) is 0 Å². The van der Waals surface area contributed by atoms with Gasteiger partial charge in [0.25, 0.3) is 0 Å². The van der Waals surface area contributed by atoms with Gasteiger partial charge in [-0.1, -0.05) is 0 Å². The Labute approximate surface area is 88.1 Å². The highest BCUT2D eigenvalue weighted by Gasteiger charge is 2.39. The predicted molar refractivity (Wildman–Crippen MR) is 58.8 cm³/mol. The van der Waals surface area contributed by atoms with Crippen LogP contribution >= 0.6 is 0 Å². The molecule has 0 spiro atoms. The Balaban J connectivity index is 4.21. The Morgan fingerprint density at radius 1 is 1.00 bits per heavy atom. The maximum Gasteiger partial charge on any atom is 0.501 e. The second kappa shape index (κ2) is 8.37. The molecule has 0 fully saturated rings. The van der Waals surface area contributed by atoms with Crippen LogP contribution in [0.5, 0.6) is 0 Å². The Morgan fingerprint density at radius 2 is 1.43 bits per heavy atom. The molecule has 2 N–H and O–H groups in total. The summed E-state index contributed by atoms with van der Waals surface area (Å²) in [5.74, 6) is 0. The number of hydrogen-bond acceptors (Lipinski definition) is 4. The van der Waals surface area contributed by atoms with Gasteiger partial charge in [-0.25, -0.2) is 0 Å². The van der Waals surface area contributed by atoms with Gasteiger partial charge in [0.1, 0.15) is 0 Å². The number of rotatable bonds is 9. The second-order valence-corrected chi connectivity index (χ2v) is 5.35. The molecule has 85 valence electrons. The highest BCUT2D eigenvalue weighted by Crippen LogP contribution is 2.16. The van der Waals surface area contributed by atoms with Crippen LogP contribution < -0.4 is 5.73 Å². The van der Waals surface area contributed by atoms with Gasteiger partial charge < -0.3 is 19.0 Å². The molecular weight excluding hydrogens is 198 g/mol. The van der Waals surface area contributed by atoms with Crippen molar-refractivity contribution in [3.8, 4) is 0 Å². The van der Waals surface area contributed by atoms with E-state index in [0.717, 1.165) is 0 Å². The van der Waals surface area contributed by atoms with Crippen LogP contribution in [0.3, 0.4) is 0 Å².